The van der Waals surface area contributed by atoms with Crippen molar-refractivity contribution in [2.75, 3.05) is 32.6 Å². The minimum atomic E-state index is -3.04. The van der Waals surface area contributed by atoms with Gasteiger partial charge in [0.05, 0.1) is 20.2 Å². The summed E-state index contributed by atoms with van der Waals surface area (Å²) in [5.74, 6) is -1.88. The third-order valence-corrected chi connectivity index (χ3v) is 4.19. The molecular weight excluding hydrogens is 436 g/mol. The van der Waals surface area contributed by atoms with Gasteiger partial charge < -0.3 is 25.0 Å². The summed E-state index contributed by atoms with van der Waals surface area (Å²) in [6.45, 7) is -3.66. The predicted molar refractivity (Wildman–Crippen MR) is 110 cm³/mol. The molecule has 0 aromatic heterocycles. The molecule has 0 bridgehead atoms. The van der Waals surface area contributed by atoms with E-state index in [1.165, 1.54) is 26.3 Å². The molecule has 0 aliphatic carbocycles. The van der Waals surface area contributed by atoms with Crippen LogP contribution in [0.15, 0.2) is 42.5 Å². The molecule has 11 heteroatoms. The second kappa shape index (κ2) is 11.1. The number of carbonyl (C=O) groups excluding carboxylic acids is 3. The topological polar surface area (TPSA) is 97.0 Å². The highest BCUT2D eigenvalue weighted by Gasteiger charge is 2.17. The maximum atomic E-state index is 12.4. The molecule has 2 rings (SSSR count). The van der Waals surface area contributed by atoms with E-state index < -0.39 is 24.3 Å². The van der Waals surface area contributed by atoms with E-state index in [-0.39, 0.29) is 30.2 Å². The molecule has 0 aliphatic rings. The molecule has 0 radical (unpaired) electrons. The van der Waals surface area contributed by atoms with Crippen molar-refractivity contribution in [1.82, 2.24) is 10.2 Å². The van der Waals surface area contributed by atoms with E-state index >= 15 is 0 Å². The normalized spacial score (nSPS) is 10.4. The van der Waals surface area contributed by atoms with Crippen LogP contribution in [0.4, 0.5) is 14.5 Å². The van der Waals surface area contributed by atoms with Gasteiger partial charge in [0.2, 0.25) is 11.8 Å². The van der Waals surface area contributed by atoms with Crippen molar-refractivity contribution < 1.29 is 32.6 Å². The number of alkyl halides is 2. The van der Waals surface area contributed by atoms with Crippen LogP contribution in [0, 0.1) is 0 Å². The zero-order valence-corrected chi connectivity index (χ0v) is 17.4. The lowest BCUT2D eigenvalue weighted by atomic mass is 10.2. The number of nitrogens with zero attached hydrogens (tertiary/aromatic N) is 1. The fraction of sp³-hybridized carbons (Fsp3) is 0.250. The van der Waals surface area contributed by atoms with E-state index in [0.717, 1.165) is 11.0 Å². The molecule has 31 heavy (non-hydrogen) atoms. The standard InChI is InChI=1S/C20H20ClF2N3O5/c1-26(11-17(27)25-14-5-3-4-13(21)9-14)18(28)10-24-19(29)12-6-7-15(31-20(22)23)16(8-12)30-2/h3-9,20H,10-11H2,1-2H3,(H,24,29)(H,25,27). The van der Waals surface area contributed by atoms with Crippen LogP contribution in [0.5, 0.6) is 11.5 Å². The number of methoxy groups -OCH3 is 1. The van der Waals surface area contributed by atoms with Crippen molar-refractivity contribution in [2.24, 2.45) is 0 Å². The highest BCUT2D eigenvalue weighted by molar-refractivity contribution is 6.30. The molecule has 0 spiro atoms. The lowest BCUT2D eigenvalue weighted by Gasteiger charge is -2.17. The fourth-order valence-corrected chi connectivity index (χ4v) is 2.66. The zero-order chi connectivity index (χ0) is 23.0. The summed E-state index contributed by atoms with van der Waals surface area (Å²) >= 11 is 5.85. The first kappa shape index (κ1) is 23.9. The van der Waals surface area contributed by atoms with Crippen molar-refractivity contribution in [2.45, 2.75) is 6.61 Å². The molecule has 166 valence electrons. The molecule has 3 amide bonds. The number of carbonyl (C=O) groups is 3. The summed E-state index contributed by atoms with van der Waals surface area (Å²) in [7, 11) is 2.65. The number of rotatable bonds is 9. The number of hydrogen-bond acceptors (Lipinski definition) is 5. The van der Waals surface area contributed by atoms with Gasteiger partial charge in [0.1, 0.15) is 0 Å². The van der Waals surface area contributed by atoms with Gasteiger partial charge in [0, 0.05) is 23.3 Å². The Morgan fingerprint density at radius 1 is 1.13 bits per heavy atom. The van der Waals surface area contributed by atoms with Crippen molar-refractivity contribution >= 4 is 35.0 Å². The average molecular weight is 456 g/mol. The van der Waals surface area contributed by atoms with Gasteiger partial charge in [0.15, 0.2) is 11.5 Å². The molecule has 2 aromatic carbocycles. The molecule has 0 atom stereocenters. The monoisotopic (exact) mass is 455 g/mol. The molecular formula is C20H20ClF2N3O5. The quantitative estimate of drug-likeness (QED) is 0.606. The molecule has 0 aliphatic heterocycles. The van der Waals surface area contributed by atoms with Gasteiger partial charge in [-0.05, 0) is 36.4 Å². The van der Waals surface area contributed by atoms with Gasteiger partial charge >= 0.3 is 6.61 Å². The molecule has 8 nitrogen and oxygen atoms in total. The number of ether oxygens (including phenoxy) is 2. The maximum absolute atomic E-state index is 12.4. The molecule has 0 saturated carbocycles. The summed E-state index contributed by atoms with van der Waals surface area (Å²) in [5, 5.41) is 5.46. The predicted octanol–water partition coefficient (Wildman–Crippen LogP) is 2.78. The van der Waals surface area contributed by atoms with Crippen LogP contribution >= 0.6 is 11.6 Å². The largest absolute Gasteiger partial charge is 0.493 e. The number of halogens is 3. The summed E-state index contributed by atoms with van der Waals surface area (Å²) in [6, 6.07) is 10.2. The Balaban J connectivity index is 1.88. The van der Waals surface area contributed by atoms with Crippen molar-refractivity contribution in [1.29, 1.82) is 0 Å². The molecule has 0 fully saturated rings. The average Bonchev–Trinajstić information content (AvgIpc) is 2.71. The molecule has 0 saturated heterocycles. The van der Waals surface area contributed by atoms with Crippen molar-refractivity contribution in [3.05, 3.63) is 53.1 Å². The number of anilines is 1. The third-order valence-electron chi connectivity index (χ3n) is 3.96. The Morgan fingerprint density at radius 3 is 2.52 bits per heavy atom. The highest BCUT2D eigenvalue weighted by atomic mass is 35.5. The van der Waals surface area contributed by atoms with Crippen LogP contribution in [-0.2, 0) is 9.59 Å². The van der Waals surface area contributed by atoms with Crippen molar-refractivity contribution in [3.63, 3.8) is 0 Å². The third kappa shape index (κ3) is 7.41. The van der Waals surface area contributed by atoms with Gasteiger partial charge in [-0.3, -0.25) is 14.4 Å². The Bertz CT molecular complexity index is 958. The van der Waals surface area contributed by atoms with Gasteiger partial charge in [0.25, 0.3) is 5.91 Å². The van der Waals surface area contributed by atoms with E-state index in [2.05, 4.69) is 15.4 Å². The second-order valence-electron chi connectivity index (χ2n) is 6.24. The summed E-state index contributed by atoms with van der Waals surface area (Å²) in [4.78, 5) is 37.7. The first-order valence-corrected chi connectivity index (χ1v) is 9.28. The van der Waals surface area contributed by atoms with Crippen LogP contribution < -0.4 is 20.1 Å². The van der Waals surface area contributed by atoms with Crippen LogP contribution in [0.25, 0.3) is 0 Å². The summed E-state index contributed by atoms with van der Waals surface area (Å²) in [5.41, 5.74) is 0.562. The van der Waals surface area contributed by atoms with Gasteiger partial charge in [-0.1, -0.05) is 17.7 Å². The minimum absolute atomic E-state index is 0.0610. The number of amides is 3. The van der Waals surface area contributed by atoms with E-state index in [1.807, 2.05) is 0 Å². The molecule has 2 N–H and O–H groups in total. The lowest BCUT2D eigenvalue weighted by Crippen LogP contribution is -2.41. The summed E-state index contributed by atoms with van der Waals surface area (Å²) < 4.78 is 34.0. The maximum Gasteiger partial charge on any atom is 0.387 e. The SMILES string of the molecule is COc1cc(C(=O)NCC(=O)N(C)CC(=O)Nc2cccc(Cl)c2)ccc1OC(F)F. The zero-order valence-electron chi connectivity index (χ0n) is 16.7. The van der Waals surface area contributed by atoms with E-state index in [9.17, 15) is 23.2 Å². The van der Waals surface area contributed by atoms with Crippen LogP contribution in [0.2, 0.25) is 5.02 Å². The second-order valence-corrected chi connectivity index (χ2v) is 6.67. The van der Waals surface area contributed by atoms with Gasteiger partial charge in [-0.25, -0.2) is 0 Å². The number of benzene rings is 2. The Labute approximate surface area is 182 Å². The van der Waals surface area contributed by atoms with Gasteiger partial charge in [-0.15, -0.1) is 0 Å². The first-order valence-electron chi connectivity index (χ1n) is 8.90. The Kier molecular flexibility index (Phi) is 8.56. The van der Waals surface area contributed by atoms with Crippen molar-refractivity contribution in [3.8, 4) is 11.5 Å². The lowest BCUT2D eigenvalue weighted by molar-refractivity contribution is -0.132. The van der Waals surface area contributed by atoms with Gasteiger partial charge in [-0.2, -0.15) is 8.78 Å². The van der Waals surface area contributed by atoms with Crippen LogP contribution in [0.3, 0.4) is 0 Å². The fourth-order valence-electron chi connectivity index (χ4n) is 2.47. The number of likely N-dealkylation sites (N-methyl/N-ethyl adjacent to an activating group) is 1. The minimum Gasteiger partial charge on any atom is -0.493 e. The molecule has 0 unspecified atom stereocenters. The molecule has 0 heterocycles. The van der Waals surface area contributed by atoms with E-state index in [0.29, 0.717) is 10.7 Å². The van der Waals surface area contributed by atoms with Crippen LogP contribution in [-0.4, -0.2) is 56.5 Å². The highest BCUT2D eigenvalue weighted by Crippen LogP contribution is 2.29. The van der Waals surface area contributed by atoms with E-state index in [1.54, 1.807) is 24.3 Å². The smallest absolute Gasteiger partial charge is 0.387 e. The first-order chi connectivity index (χ1) is 14.7. The van der Waals surface area contributed by atoms with Crippen LogP contribution in [0.1, 0.15) is 10.4 Å². The van der Waals surface area contributed by atoms with E-state index in [4.69, 9.17) is 16.3 Å². The Hall–Kier alpha value is -3.40. The number of hydrogen-bond donors (Lipinski definition) is 2. The summed E-state index contributed by atoms with van der Waals surface area (Å²) in [6.07, 6.45) is 0. The molecule has 2 aromatic rings. The Morgan fingerprint density at radius 2 is 1.87 bits per heavy atom. The number of nitrogens with one attached hydrogen (secondary N) is 2.